The number of likely N-dealkylation sites (tertiary alicyclic amines) is 1. The molecule has 1 N–H and O–H groups in total. The highest BCUT2D eigenvalue weighted by Crippen LogP contribution is 2.28. The fourth-order valence-electron chi connectivity index (χ4n) is 4.13. The summed E-state index contributed by atoms with van der Waals surface area (Å²) >= 11 is 0. The number of hydrogen-bond acceptors (Lipinski definition) is 5. The molecule has 0 aromatic heterocycles. The van der Waals surface area contributed by atoms with Gasteiger partial charge in [-0.2, -0.15) is 4.31 Å². The first-order chi connectivity index (χ1) is 15.2. The number of rotatable bonds is 6. The summed E-state index contributed by atoms with van der Waals surface area (Å²) in [6, 6.07) is 10.3. The van der Waals surface area contributed by atoms with Gasteiger partial charge in [-0.1, -0.05) is 12.1 Å². The zero-order valence-electron chi connectivity index (χ0n) is 18.0. The Morgan fingerprint density at radius 2 is 1.38 bits per heavy atom. The van der Waals surface area contributed by atoms with Gasteiger partial charge in [0, 0.05) is 26.2 Å². The van der Waals surface area contributed by atoms with Gasteiger partial charge in [0.25, 0.3) is 15.9 Å². The van der Waals surface area contributed by atoms with Crippen molar-refractivity contribution in [2.24, 2.45) is 0 Å². The molecule has 0 unspecified atom stereocenters. The van der Waals surface area contributed by atoms with Crippen molar-refractivity contribution in [2.75, 3.05) is 30.9 Å². The summed E-state index contributed by atoms with van der Waals surface area (Å²) < 4.78 is 55.5. The Balaban J connectivity index is 1.61. The van der Waals surface area contributed by atoms with Gasteiger partial charge < -0.3 is 4.90 Å². The number of amides is 1. The highest BCUT2D eigenvalue weighted by molar-refractivity contribution is 7.92. The van der Waals surface area contributed by atoms with E-state index in [1.807, 2.05) is 0 Å². The van der Waals surface area contributed by atoms with Gasteiger partial charge >= 0.3 is 0 Å². The Labute approximate surface area is 189 Å². The molecule has 32 heavy (non-hydrogen) atoms. The van der Waals surface area contributed by atoms with Crippen molar-refractivity contribution in [3.63, 3.8) is 0 Å². The summed E-state index contributed by atoms with van der Waals surface area (Å²) in [4.78, 5) is 14.7. The molecule has 2 aromatic rings. The molecule has 0 bridgehead atoms. The highest BCUT2D eigenvalue weighted by atomic mass is 32.2. The monoisotopic (exact) mass is 477 g/mol. The van der Waals surface area contributed by atoms with Crippen LogP contribution in [0.2, 0.25) is 0 Å². The Kier molecular flexibility index (Phi) is 6.28. The molecule has 172 valence electrons. The SMILES string of the molecule is Cc1cccc(C(=O)N2CCCC2)c1NS(=O)(=O)c1ccc(S(=O)(=O)N2CCCC2)cc1. The van der Waals surface area contributed by atoms with E-state index in [1.165, 1.54) is 28.6 Å². The smallest absolute Gasteiger partial charge is 0.261 e. The van der Waals surface area contributed by atoms with Crippen molar-refractivity contribution in [1.82, 2.24) is 9.21 Å². The van der Waals surface area contributed by atoms with Crippen molar-refractivity contribution >= 4 is 31.6 Å². The van der Waals surface area contributed by atoms with Gasteiger partial charge in [-0.05, 0) is 68.5 Å². The number of nitrogens with one attached hydrogen (secondary N) is 1. The van der Waals surface area contributed by atoms with Crippen LogP contribution in [0.3, 0.4) is 0 Å². The summed E-state index contributed by atoms with van der Waals surface area (Å²) in [5.41, 5.74) is 1.19. The fraction of sp³-hybridized carbons (Fsp3) is 0.409. The van der Waals surface area contributed by atoms with Crippen molar-refractivity contribution in [1.29, 1.82) is 0 Å². The van der Waals surface area contributed by atoms with Gasteiger partial charge in [-0.25, -0.2) is 16.8 Å². The van der Waals surface area contributed by atoms with E-state index >= 15 is 0 Å². The second-order valence-electron chi connectivity index (χ2n) is 8.18. The molecule has 0 atom stereocenters. The molecule has 2 aliphatic rings. The van der Waals surface area contributed by atoms with Gasteiger partial charge in [0.1, 0.15) is 0 Å². The molecular formula is C22H27N3O5S2. The Morgan fingerprint density at radius 3 is 2.00 bits per heavy atom. The lowest BCUT2D eigenvalue weighted by atomic mass is 10.1. The van der Waals surface area contributed by atoms with Gasteiger partial charge in [0.05, 0.1) is 21.0 Å². The first kappa shape index (κ1) is 22.8. The molecule has 0 radical (unpaired) electrons. The van der Waals surface area contributed by atoms with Crippen LogP contribution >= 0.6 is 0 Å². The molecule has 2 fully saturated rings. The minimum Gasteiger partial charge on any atom is -0.339 e. The summed E-state index contributed by atoms with van der Waals surface area (Å²) in [6.07, 6.45) is 3.52. The molecule has 10 heteroatoms. The Bertz CT molecular complexity index is 1210. The lowest BCUT2D eigenvalue weighted by Crippen LogP contribution is -2.29. The average molecular weight is 478 g/mol. The third-order valence-corrected chi connectivity index (χ3v) is 9.25. The van der Waals surface area contributed by atoms with Crippen LogP contribution in [0.5, 0.6) is 0 Å². The predicted octanol–water partition coefficient (Wildman–Crippen LogP) is 2.82. The average Bonchev–Trinajstić information content (AvgIpc) is 3.49. The number of aryl methyl sites for hydroxylation is 1. The fourth-order valence-corrected chi connectivity index (χ4v) is 6.80. The van der Waals surface area contributed by atoms with Crippen LogP contribution in [0.25, 0.3) is 0 Å². The highest BCUT2D eigenvalue weighted by Gasteiger charge is 2.28. The molecule has 1 amide bonds. The normalized spacial score (nSPS) is 17.6. The van der Waals surface area contributed by atoms with Crippen LogP contribution in [-0.2, 0) is 20.0 Å². The number of benzene rings is 2. The van der Waals surface area contributed by atoms with Gasteiger partial charge in [-0.15, -0.1) is 0 Å². The van der Waals surface area contributed by atoms with Crippen LogP contribution in [-0.4, -0.2) is 58.1 Å². The molecular weight excluding hydrogens is 450 g/mol. The summed E-state index contributed by atoms with van der Waals surface area (Å²) in [5, 5.41) is 0. The molecule has 2 aromatic carbocycles. The lowest BCUT2D eigenvalue weighted by molar-refractivity contribution is 0.0794. The number of hydrogen-bond donors (Lipinski definition) is 1. The van der Waals surface area contributed by atoms with Gasteiger partial charge in [0.2, 0.25) is 10.0 Å². The molecule has 0 saturated carbocycles. The van der Waals surface area contributed by atoms with E-state index in [0.717, 1.165) is 25.7 Å². The van der Waals surface area contributed by atoms with E-state index in [9.17, 15) is 21.6 Å². The minimum atomic E-state index is -4.03. The van der Waals surface area contributed by atoms with Crippen LogP contribution in [0.15, 0.2) is 52.3 Å². The third kappa shape index (κ3) is 4.39. The maximum absolute atomic E-state index is 13.1. The Morgan fingerprint density at radius 1 is 0.812 bits per heavy atom. The molecule has 2 aliphatic heterocycles. The predicted molar refractivity (Wildman–Crippen MR) is 122 cm³/mol. The quantitative estimate of drug-likeness (QED) is 0.689. The largest absolute Gasteiger partial charge is 0.339 e. The van der Waals surface area contributed by atoms with Crippen molar-refractivity contribution < 1.29 is 21.6 Å². The van der Waals surface area contributed by atoms with E-state index in [0.29, 0.717) is 37.3 Å². The van der Waals surface area contributed by atoms with Crippen LogP contribution in [0.4, 0.5) is 5.69 Å². The van der Waals surface area contributed by atoms with Gasteiger partial charge in [0.15, 0.2) is 0 Å². The zero-order chi connectivity index (χ0) is 22.9. The van der Waals surface area contributed by atoms with Crippen LogP contribution in [0, 0.1) is 6.92 Å². The van der Waals surface area contributed by atoms with E-state index in [-0.39, 0.29) is 21.4 Å². The van der Waals surface area contributed by atoms with Crippen molar-refractivity contribution in [2.45, 2.75) is 42.4 Å². The molecule has 2 saturated heterocycles. The topological polar surface area (TPSA) is 104 Å². The summed E-state index contributed by atoms with van der Waals surface area (Å²) in [5.74, 6) is -0.198. The summed E-state index contributed by atoms with van der Waals surface area (Å²) in [6.45, 7) is 4.01. The van der Waals surface area contributed by atoms with Crippen molar-refractivity contribution in [3.8, 4) is 0 Å². The minimum absolute atomic E-state index is 0.0686. The second-order valence-corrected chi connectivity index (χ2v) is 11.8. The molecule has 4 rings (SSSR count). The van der Waals surface area contributed by atoms with Crippen LogP contribution in [0.1, 0.15) is 41.6 Å². The lowest BCUT2D eigenvalue weighted by Gasteiger charge is -2.20. The number of anilines is 1. The first-order valence-electron chi connectivity index (χ1n) is 10.7. The molecule has 8 nitrogen and oxygen atoms in total. The Hall–Kier alpha value is -2.43. The zero-order valence-corrected chi connectivity index (χ0v) is 19.6. The first-order valence-corrected chi connectivity index (χ1v) is 13.6. The maximum Gasteiger partial charge on any atom is 0.261 e. The van der Waals surface area contributed by atoms with E-state index in [4.69, 9.17) is 0 Å². The van der Waals surface area contributed by atoms with E-state index < -0.39 is 20.0 Å². The number of nitrogens with zero attached hydrogens (tertiary/aromatic N) is 2. The maximum atomic E-state index is 13.1. The summed E-state index contributed by atoms with van der Waals surface area (Å²) in [7, 11) is -7.65. The van der Waals surface area contributed by atoms with E-state index in [1.54, 1.807) is 30.0 Å². The molecule has 0 aliphatic carbocycles. The second kappa shape index (κ2) is 8.84. The number of carbonyl (C=O) groups is 1. The third-order valence-electron chi connectivity index (χ3n) is 5.97. The standard InChI is InChI=1S/C22H27N3O5S2/c1-17-7-6-8-20(22(26)24-13-2-3-14-24)21(17)23-31(27,28)18-9-11-19(12-10-18)32(29,30)25-15-4-5-16-25/h6-12,23H,2-5,13-16H2,1H3. The molecule has 2 heterocycles. The van der Waals surface area contributed by atoms with E-state index in [2.05, 4.69) is 4.72 Å². The number of sulfonamides is 2. The number of para-hydroxylation sites is 1. The number of carbonyl (C=O) groups excluding carboxylic acids is 1. The van der Waals surface area contributed by atoms with Crippen LogP contribution < -0.4 is 4.72 Å². The van der Waals surface area contributed by atoms with Gasteiger partial charge in [-0.3, -0.25) is 9.52 Å². The molecule has 0 spiro atoms. The van der Waals surface area contributed by atoms with Crippen molar-refractivity contribution in [3.05, 3.63) is 53.6 Å².